The predicted octanol–water partition coefficient (Wildman–Crippen LogP) is 1.16. The van der Waals surface area contributed by atoms with E-state index in [1.165, 1.54) is 11.3 Å². The molecule has 3 aromatic heterocycles. The Morgan fingerprint density at radius 2 is 1.86 bits per heavy atom. The minimum absolute atomic E-state index is 0.0507. The quantitative estimate of drug-likeness (QED) is 0.662. The van der Waals surface area contributed by atoms with Crippen molar-refractivity contribution in [3.05, 3.63) is 35.9 Å². The molecule has 0 aromatic carbocycles. The van der Waals surface area contributed by atoms with E-state index in [0.717, 1.165) is 55.5 Å². The lowest BCUT2D eigenvalue weighted by Crippen LogP contribution is -2.38. The molecule has 2 N–H and O–H groups in total. The van der Waals surface area contributed by atoms with Gasteiger partial charge in [0, 0.05) is 62.4 Å². The SMILES string of the molecule is O=C(N[C@H]1CCN(c2nccn3ccnc23)C1)c1csc(N2CCC(O)CC2)n1. The maximum atomic E-state index is 12.7. The second-order valence-corrected chi connectivity index (χ2v) is 8.38. The van der Waals surface area contributed by atoms with Crippen molar-refractivity contribution in [2.45, 2.75) is 31.4 Å². The van der Waals surface area contributed by atoms with Gasteiger partial charge in [-0.25, -0.2) is 15.0 Å². The zero-order valence-corrected chi connectivity index (χ0v) is 16.8. The average Bonchev–Trinajstić information content (AvgIpc) is 3.48. The minimum atomic E-state index is -0.221. The summed E-state index contributed by atoms with van der Waals surface area (Å²) in [6.07, 6.45) is 9.44. The molecule has 5 rings (SSSR count). The van der Waals surface area contributed by atoms with Gasteiger partial charge in [-0.3, -0.25) is 4.79 Å². The number of carbonyl (C=O) groups is 1. The number of rotatable bonds is 4. The topological polar surface area (TPSA) is 98.9 Å². The van der Waals surface area contributed by atoms with Crippen LogP contribution in [-0.2, 0) is 0 Å². The first-order chi connectivity index (χ1) is 14.2. The van der Waals surface area contributed by atoms with E-state index in [1.54, 1.807) is 12.4 Å². The standard InChI is InChI=1S/C19H23N7O2S/c27-14-2-7-25(8-3-14)19-23-15(12-29-19)18(28)22-13-1-6-26(11-13)17-16-20-4-9-24(16)10-5-21-17/h4-5,9-10,12-14,27H,1-3,6-8,11H2,(H,22,28)/t13-/m0/s1. The highest BCUT2D eigenvalue weighted by Gasteiger charge is 2.28. The van der Waals surface area contributed by atoms with Crippen molar-refractivity contribution >= 4 is 33.8 Å². The van der Waals surface area contributed by atoms with Crippen LogP contribution in [0.2, 0.25) is 0 Å². The third kappa shape index (κ3) is 3.65. The molecule has 0 saturated carbocycles. The summed E-state index contributed by atoms with van der Waals surface area (Å²) in [5.74, 6) is 0.709. The van der Waals surface area contributed by atoms with Crippen molar-refractivity contribution in [1.82, 2.24) is 24.7 Å². The first-order valence-electron chi connectivity index (χ1n) is 9.89. The Kier molecular flexibility index (Phi) is 4.80. The number of fused-ring (bicyclic) bond motifs is 1. The number of hydrogen-bond donors (Lipinski definition) is 2. The van der Waals surface area contributed by atoms with E-state index in [4.69, 9.17) is 0 Å². The first kappa shape index (κ1) is 18.3. The van der Waals surface area contributed by atoms with Gasteiger partial charge >= 0.3 is 0 Å². The first-order valence-corrected chi connectivity index (χ1v) is 10.8. The van der Waals surface area contributed by atoms with Gasteiger partial charge < -0.3 is 24.6 Å². The summed E-state index contributed by atoms with van der Waals surface area (Å²) in [7, 11) is 0. The number of anilines is 2. The van der Waals surface area contributed by atoms with Gasteiger partial charge in [0.25, 0.3) is 5.91 Å². The molecule has 0 spiro atoms. The lowest BCUT2D eigenvalue weighted by atomic mass is 10.1. The molecule has 0 aliphatic carbocycles. The number of carbonyl (C=O) groups excluding carboxylic acids is 1. The van der Waals surface area contributed by atoms with Crippen LogP contribution in [0.15, 0.2) is 30.2 Å². The number of aromatic nitrogens is 4. The van der Waals surface area contributed by atoms with Gasteiger partial charge in [0.1, 0.15) is 5.69 Å². The lowest BCUT2D eigenvalue weighted by Gasteiger charge is -2.29. The Labute approximate surface area is 172 Å². The number of amides is 1. The van der Waals surface area contributed by atoms with Gasteiger partial charge in [0.15, 0.2) is 16.6 Å². The van der Waals surface area contributed by atoms with Gasteiger partial charge in [0.05, 0.1) is 6.10 Å². The molecule has 0 unspecified atom stereocenters. The number of aliphatic hydroxyl groups excluding tert-OH is 1. The maximum Gasteiger partial charge on any atom is 0.271 e. The zero-order chi connectivity index (χ0) is 19.8. The van der Waals surface area contributed by atoms with Gasteiger partial charge in [-0.1, -0.05) is 0 Å². The van der Waals surface area contributed by atoms with Crippen LogP contribution >= 0.6 is 11.3 Å². The van der Waals surface area contributed by atoms with Gasteiger partial charge in [0.2, 0.25) is 0 Å². The number of aliphatic hydroxyl groups is 1. The van der Waals surface area contributed by atoms with E-state index in [0.29, 0.717) is 12.2 Å². The van der Waals surface area contributed by atoms with Crippen LogP contribution in [0.25, 0.3) is 5.65 Å². The van der Waals surface area contributed by atoms with E-state index in [2.05, 4.69) is 30.1 Å². The van der Waals surface area contributed by atoms with Crippen molar-refractivity contribution in [2.75, 3.05) is 36.0 Å². The van der Waals surface area contributed by atoms with E-state index < -0.39 is 0 Å². The van der Waals surface area contributed by atoms with E-state index in [9.17, 15) is 9.90 Å². The molecule has 1 atom stereocenters. The number of nitrogens with one attached hydrogen (secondary N) is 1. The van der Waals surface area contributed by atoms with Gasteiger partial charge in [-0.2, -0.15) is 0 Å². The summed E-state index contributed by atoms with van der Waals surface area (Å²) in [5, 5.41) is 15.4. The molecule has 10 heteroatoms. The summed E-state index contributed by atoms with van der Waals surface area (Å²) >= 11 is 1.48. The molecule has 0 bridgehead atoms. The number of nitrogens with zero attached hydrogens (tertiary/aromatic N) is 6. The monoisotopic (exact) mass is 413 g/mol. The van der Waals surface area contributed by atoms with Gasteiger partial charge in [-0.15, -0.1) is 11.3 Å². The number of thiazole rings is 1. The van der Waals surface area contributed by atoms with Gasteiger partial charge in [-0.05, 0) is 19.3 Å². The minimum Gasteiger partial charge on any atom is -0.393 e. The highest BCUT2D eigenvalue weighted by atomic mass is 32.1. The zero-order valence-electron chi connectivity index (χ0n) is 15.9. The molecule has 9 nitrogen and oxygen atoms in total. The third-order valence-electron chi connectivity index (χ3n) is 5.58. The number of piperidine rings is 1. The van der Waals surface area contributed by atoms with Crippen LogP contribution in [0.1, 0.15) is 29.8 Å². The Hall–Kier alpha value is -2.72. The molecule has 2 aliphatic rings. The molecule has 2 aliphatic heterocycles. The summed E-state index contributed by atoms with van der Waals surface area (Å²) in [6, 6.07) is 0.0507. The fourth-order valence-corrected chi connectivity index (χ4v) is 4.82. The highest BCUT2D eigenvalue weighted by Crippen LogP contribution is 2.25. The molecule has 3 aromatic rings. The van der Waals surface area contributed by atoms with Crippen molar-refractivity contribution in [3.8, 4) is 0 Å². The van der Waals surface area contributed by atoms with E-state index >= 15 is 0 Å². The third-order valence-corrected chi connectivity index (χ3v) is 6.48. The Morgan fingerprint density at radius 3 is 2.69 bits per heavy atom. The van der Waals surface area contributed by atoms with Crippen LogP contribution in [-0.4, -0.2) is 68.7 Å². The van der Waals surface area contributed by atoms with Crippen LogP contribution in [0.3, 0.4) is 0 Å². The summed E-state index contributed by atoms with van der Waals surface area (Å²) in [6.45, 7) is 3.08. The molecule has 2 saturated heterocycles. The second kappa shape index (κ2) is 7.60. The fraction of sp³-hybridized carbons (Fsp3) is 0.474. The summed E-state index contributed by atoms with van der Waals surface area (Å²) in [4.78, 5) is 30.4. The lowest BCUT2D eigenvalue weighted by molar-refractivity contribution is 0.0936. The van der Waals surface area contributed by atoms with Crippen molar-refractivity contribution in [2.24, 2.45) is 0 Å². The molecule has 152 valence electrons. The predicted molar refractivity (Wildman–Crippen MR) is 111 cm³/mol. The van der Waals surface area contributed by atoms with E-state index in [1.807, 2.05) is 22.2 Å². The molecular weight excluding hydrogens is 390 g/mol. The maximum absolute atomic E-state index is 12.7. The number of imidazole rings is 1. The molecule has 29 heavy (non-hydrogen) atoms. The smallest absolute Gasteiger partial charge is 0.271 e. The molecule has 0 radical (unpaired) electrons. The fourth-order valence-electron chi connectivity index (χ4n) is 3.96. The molecule has 1 amide bonds. The Morgan fingerprint density at radius 1 is 1.10 bits per heavy atom. The van der Waals surface area contributed by atoms with Crippen molar-refractivity contribution < 1.29 is 9.90 Å². The highest BCUT2D eigenvalue weighted by molar-refractivity contribution is 7.13. The van der Waals surface area contributed by atoms with Crippen LogP contribution in [0.4, 0.5) is 10.9 Å². The summed E-state index contributed by atoms with van der Waals surface area (Å²) < 4.78 is 1.95. The average molecular weight is 414 g/mol. The van der Waals surface area contributed by atoms with Crippen LogP contribution in [0, 0.1) is 0 Å². The number of hydrogen-bond acceptors (Lipinski definition) is 8. The molecule has 5 heterocycles. The molecular formula is C19H23N7O2S. The van der Waals surface area contributed by atoms with Crippen LogP contribution in [0.5, 0.6) is 0 Å². The van der Waals surface area contributed by atoms with Crippen molar-refractivity contribution in [1.29, 1.82) is 0 Å². The normalized spacial score (nSPS) is 20.5. The van der Waals surface area contributed by atoms with Crippen LogP contribution < -0.4 is 15.1 Å². The Bertz CT molecular complexity index is 1010. The largest absolute Gasteiger partial charge is 0.393 e. The van der Waals surface area contributed by atoms with E-state index in [-0.39, 0.29) is 18.1 Å². The molecule has 2 fully saturated rings. The van der Waals surface area contributed by atoms with Crippen molar-refractivity contribution in [3.63, 3.8) is 0 Å². The second-order valence-electron chi connectivity index (χ2n) is 7.55. The Balaban J connectivity index is 1.21. The summed E-state index contributed by atoms with van der Waals surface area (Å²) in [5.41, 5.74) is 1.29.